The Morgan fingerprint density at radius 1 is 0.806 bits per heavy atom. The minimum atomic E-state index is -0.512. The van der Waals surface area contributed by atoms with Gasteiger partial charge in [0, 0.05) is 5.41 Å². The van der Waals surface area contributed by atoms with Gasteiger partial charge in [-0.05, 0) is 104 Å². The van der Waals surface area contributed by atoms with Crippen LogP contribution in [0.3, 0.4) is 0 Å². The van der Waals surface area contributed by atoms with Gasteiger partial charge >= 0.3 is 0 Å². The molecule has 176 valence electrons. The lowest BCUT2D eigenvalue weighted by Crippen LogP contribution is -2.59. The molecule has 2 spiro atoms. The van der Waals surface area contributed by atoms with E-state index in [0.717, 1.165) is 19.3 Å². The van der Waals surface area contributed by atoms with Gasteiger partial charge in [-0.2, -0.15) is 0 Å². The summed E-state index contributed by atoms with van der Waals surface area (Å²) in [5, 5.41) is 32.7. The van der Waals surface area contributed by atoms with Crippen molar-refractivity contribution in [1.29, 1.82) is 0 Å². The average Bonchev–Trinajstić information content (AvgIpc) is 3.37. The first-order chi connectivity index (χ1) is 14.4. The van der Waals surface area contributed by atoms with Gasteiger partial charge in [0.2, 0.25) is 0 Å². The zero-order valence-corrected chi connectivity index (χ0v) is 20.3. The predicted molar refractivity (Wildman–Crippen MR) is 119 cm³/mol. The number of ether oxygens (including phenoxy) is 1. The Hall–Kier alpha value is -0.160. The van der Waals surface area contributed by atoms with E-state index in [4.69, 9.17) is 4.74 Å². The molecule has 0 aromatic heterocycles. The third-order valence-electron chi connectivity index (χ3n) is 13.1. The summed E-state index contributed by atoms with van der Waals surface area (Å²) in [6, 6.07) is 0. The third kappa shape index (κ3) is 2.14. The van der Waals surface area contributed by atoms with Crippen molar-refractivity contribution in [2.24, 2.45) is 44.8 Å². The second kappa shape index (κ2) is 5.90. The summed E-state index contributed by atoms with van der Waals surface area (Å²) in [4.78, 5) is 0. The van der Waals surface area contributed by atoms with Crippen molar-refractivity contribution in [2.75, 3.05) is 6.61 Å². The van der Waals surface area contributed by atoms with Crippen molar-refractivity contribution < 1.29 is 20.1 Å². The van der Waals surface area contributed by atoms with Crippen molar-refractivity contribution >= 4 is 0 Å². The minimum absolute atomic E-state index is 0.00268. The molecule has 3 N–H and O–H groups in total. The van der Waals surface area contributed by atoms with Gasteiger partial charge < -0.3 is 20.1 Å². The molecule has 8 unspecified atom stereocenters. The lowest BCUT2D eigenvalue weighted by Gasteiger charge is -2.63. The summed E-state index contributed by atoms with van der Waals surface area (Å²) in [5.74, 6) is 1.55. The molecule has 0 bridgehead atoms. The van der Waals surface area contributed by atoms with Gasteiger partial charge in [-0.1, -0.05) is 27.7 Å². The molecule has 4 heteroatoms. The first-order valence-corrected chi connectivity index (χ1v) is 13.1. The Morgan fingerprint density at radius 2 is 1.48 bits per heavy atom. The van der Waals surface area contributed by atoms with E-state index in [1.54, 1.807) is 0 Å². The van der Waals surface area contributed by atoms with Crippen LogP contribution in [0.25, 0.3) is 0 Å². The molecule has 0 amide bonds. The fourth-order valence-corrected chi connectivity index (χ4v) is 11.1. The van der Waals surface area contributed by atoms with E-state index < -0.39 is 11.7 Å². The molecule has 6 aliphatic rings. The number of fused-ring (bicyclic) bond motifs is 4. The molecule has 1 saturated heterocycles. The summed E-state index contributed by atoms with van der Waals surface area (Å²) < 4.78 is 6.53. The number of hydrogen-bond donors (Lipinski definition) is 3. The van der Waals surface area contributed by atoms with E-state index in [-0.39, 0.29) is 35.1 Å². The summed E-state index contributed by atoms with van der Waals surface area (Å²) in [5.41, 5.74) is 0.206. The number of aliphatic hydroxyl groups excluding tert-OH is 3. The Balaban J connectivity index is 1.39. The minimum Gasteiger partial charge on any atom is -0.393 e. The van der Waals surface area contributed by atoms with E-state index in [0.29, 0.717) is 28.6 Å². The number of hydrogen-bond acceptors (Lipinski definition) is 4. The zero-order chi connectivity index (χ0) is 22.2. The van der Waals surface area contributed by atoms with Gasteiger partial charge in [0.1, 0.15) is 0 Å². The maximum atomic E-state index is 11.9. The first kappa shape index (κ1) is 21.4. The molecular weight excluding hydrogens is 388 g/mol. The maximum Gasteiger partial charge on any atom is 0.0889 e. The van der Waals surface area contributed by atoms with E-state index in [2.05, 4.69) is 27.7 Å². The van der Waals surface area contributed by atoms with Gasteiger partial charge in [-0.15, -0.1) is 0 Å². The molecule has 0 aromatic carbocycles. The zero-order valence-electron chi connectivity index (χ0n) is 20.3. The molecule has 1 heterocycles. The molecular formula is C27H44O4. The van der Waals surface area contributed by atoms with Crippen LogP contribution in [0.1, 0.15) is 92.4 Å². The van der Waals surface area contributed by atoms with Gasteiger partial charge in [0.05, 0.1) is 30.5 Å². The van der Waals surface area contributed by atoms with E-state index >= 15 is 0 Å². The molecule has 5 aliphatic carbocycles. The van der Waals surface area contributed by atoms with Crippen LogP contribution in [-0.4, -0.2) is 45.8 Å². The largest absolute Gasteiger partial charge is 0.393 e. The van der Waals surface area contributed by atoms with Gasteiger partial charge in [0.15, 0.2) is 0 Å². The fourth-order valence-electron chi connectivity index (χ4n) is 11.1. The summed E-state index contributed by atoms with van der Waals surface area (Å²) in [6.45, 7) is 11.6. The van der Waals surface area contributed by atoms with Crippen LogP contribution in [0.4, 0.5) is 0 Å². The third-order valence-corrected chi connectivity index (χ3v) is 13.1. The maximum absolute atomic E-state index is 11.9. The van der Waals surface area contributed by atoms with Crippen LogP contribution >= 0.6 is 0 Å². The van der Waals surface area contributed by atoms with Gasteiger partial charge in [-0.25, -0.2) is 0 Å². The lowest BCUT2D eigenvalue weighted by molar-refractivity contribution is -0.192. The molecule has 6 fully saturated rings. The predicted octanol–water partition coefficient (Wildman–Crippen LogP) is 4.30. The van der Waals surface area contributed by atoms with E-state index in [1.165, 1.54) is 38.5 Å². The van der Waals surface area contributed by atoms with Gasteiger partial charge in [0.25, 0.3) is 0 Å². The summed E-state index contributed by atoms with van der Waals surface area (Å²) in [7, 11) is 0. The van der Waals surface area contributed by atoms with Crippen LogP contribution in [0, 0.1) is 44.8 Å². The summed E-state index contributed by atoms with van der Waals surface area (Å²) >= 11 is 0. The number of rotatable bonds is 1. The molecule has 1 aliphatic heterocycles. The summed E-state index contributed by atoms with van der Waals surface area (Å²) in [6.07, 6.45) is 9.46. The molecule has 0 radical (unpaired) electrons. The normalized spacial score (nSPS) is 63.9. The van der Waals surface area contributed by atoms with Crippen LogP contribution in [0.2, 0.25) is 0 Å². The quantitative estimate of drug-likeness (QED) is 0.578. The van der Waals surface area contributed by atoms with Crippen molar-refractivity contribution in [3.05, 3.63) is 0 Å². The smallest absolute Gasteiger partial charge is 0.0889 e. The average molecular weight is 433 g/mol. The monoisotopic (exact) mass is 432 g/mol. The molecule has 0 aromatic rings. The van der Waals surface area contributed by atoms with E-state index in [1.807, 2.05) is 6.92 Å². The van der Waals surface area contributed by atoms with Crippen LogP contribution < -0.4 is 0 Å². The molecule has 31 heavy (non-hydrogen) atoms. The van der Waals surface area contributed by atoms with Crippen LogP contribution in [0.5, 0.6) is 0 Å². The highest BCUT2D eigenvalue weighted by atomic mass is 16.5. The highest BCUT2D eigenvalue weighted by Gasteiger charge is 2.84. The number of aliphatic hydroxyl groups is 3. The van der Waals surface area contributed by atoms with Crippen LogP contribution in [-0.2, 0) is 4.74 Å². The SMILES string of the molecule is CC1(CO)CCC2C(O1)[C@H](O)[C@@]1(C)C3CC[C@H]4C(C)(C)C(O)CCC45CC35CCC21C. The second-order valence-corrected chi connectivity index (χ2v) is 14.0. The van der Waals surface area contributed by atoms with Crippen molar-refractivity contribution in [3.63, 3.8) is 0 Å². The highest BCUT2D eigenvalue weighted by Crippen LogP contribution is 2.89. The molecule has 11 atom stereocenters. The Kier molecular flexibility index (Phi) is 4.07. The first-order valence-electron chi connectivity index (χ1n) is 13.1. The Bertz CT molecular complexity index is 796. The Labute approximate surface area is 188 Å². The van der Waals surface area contributed by atoms with Crippen LogP contribution in [0.15, 0.2) is 0 Å². The lowest BCUT2D eigenvalue weighted by atomic mass is 9.41. The van der Waals surface area contributed by atoms with Crippen molar-refractivity contribution in [3.8, 4) is 0 Å². The molecule has 5 saturated carbocycles. The molecule has 6 rings (SSSR count). The van der Waals surface area contributed by atoms with Crippen molar-refractivity contribution in [1.82, 2.24) is 0 Å². The van der Waals surface area contributed by atoms with Gasteiger partial charge in [-0.3, -0.25) is 0 Å². The molecule has 4 nitrogen and oxygen atoms in total. The fraction of sp³-hybridized carbons (Fsp3) is 1.00. The second-order valence-electron chi connectivity index (χ2n) is 14.0. The Morgan fingerprint density at radius 3 is 2.19 bits per heavy atom. The van der Waals surface area contributed by atoms with E-state index in [9.17, 15) is 15.3 Å². The standard InChI is InChI=1S/C27H44O4/c1-22(2)17-6-7-18-25(5)21(30)20-16(8-10-23(3,15-28)31-20)24(25,4)12-13-27(18)14-26(17,27)11-9-19(22)29/h16-21,28-30H,6-15H2,1-5H3/t16?,17-,18?,19?,20?,21-,23?,24?,25+,26?,27?/m0/s1. The van der Waals surface area contributed by atoms with Crippen molar-refractivity contribution in [2.45, 2.75) is 116 Å². The topological polar surface area (TPSA) is 69.9 Å². The highest BCUT2D eigenvalue weighted by molar-refractivity contribution is 5.32.